The third-order valence-corrected chi connectivity index (χ3v) is 3.08. The zero-order chi connectivity index (χ0) is 12.3. The van der Waals surface area contributed by atoms with Crippen LogP contribution in [0, 0.1) is 5.92 Å². The van der Waals surface area contributed by atoms with Gasteiger partial charge in [0.1, 0.15) is 0 Å². The van der Waals surface area contributed by atoms with Crippen molar-refractivity contribution in [2.24, 2.45) is 5.92 Å². The summed E-state index contributed by atoms with van der Waals surface area (Å²) in [5.41, 5.74) is 0. The van der Waals surface area contributed by atoms with Crippen LogP contribution in [0.5, 0.6) is 0 Å². The number of hydrogen-bond donors (Lipinski definition) is 1. The Morgan fingerprint density at radius 2 is 2.35 bits per heavy atom. The summed E-state index contributed by atoms with van der Waals surface area (Å²) >= 11 is 0. The average molecular weight is 238 g/mol. The topological polar surface area (TPSA) is 54.2 Å². The molecule has 1 saturated heterocycles. The van der Waals surface area contributed by atoms with E-state index < -0.39 is 0 Å². The Balaban J connectivity index is 1.91. The maximum atomic E-state index is 5.29. The number of aromatic nitrogens is 2. The van der Waals surface area contributed by atoms with E-state index in [1.54, 1.807) is 0 Å². The third kappa shape index (κ3) is 3.51. The molecule has 5 heteroatoms. The van der Waals surface area contributed by atoms with E-state index in [9.17, 15) is 0 Å². The molecule has 1 fully saturated rings. The Hall–Kier alpha value is -0.940. The first-order valence-corrected chi connectivity index (χ1v) is 6.41. The van der Waals surface area contributed by atoms with Crippen molar-refractivity contribution in [2.45, 2.75) is 39.8 Å². The van der Waals surface area contributed by atoms with E-state index >= 15 is 0 Å². The second-order valence-electron chi connectivity index (χ2n) is 5.23. The largest absolute Gasteiger partial charge is 0.338 e. The summed E-state index contributed by atoms with van der Waals surface area (Å²) in [6.07, 6.45) is 0.889. The highest BCUT2D eigenvalue weighted by Gasteiger charge is 2.20. The monoisotopic (exact) mass is 238 g/mol. The SMILES string of the molecule is CC(C)Cc1noc(CN2CCNCC2C)n1. The third-order valence-electron chi connectivity index (χ3n) is 3.08. The summed E-state index contributed by atoms with van der Waals surface area (Å²) in [5.74, 6) is 2.14. The van der Waals surface area contributed by atoms with Crippen molar-refractivity contribution >= 4 is 0 Å². The maximum Gasteiger partial charge on any atom is 0.240 e. The molecular formula is C12H22N4O. The number of nitrogens with one attached hydrogen (secondary N) is 1. The Bertz CT molecular complexity index is 350. The molecule has 1 aromatic heterocycles. The second kappa shape index (κ2) is 5.60. The molecule has 1 unspecified atom stereocenters. The zero-order valence-corrected chi connectivity index (χ0v) is 10.9. The Kier molecular flexibility index (Phi) is 4.12. The highest BCUT2D eigenvalue weighted by Crippen LogP contribution is 2.10. The van der Waals surface area contributed by atoms with E-state index in [4.69, 9.17) is 4.52 Å². The Morgan fingerprint density at radius 1 is 1.53 bits per heavy atom. The number of hydrogen-bond acceptors (Lipinski definition) is 5. The second-order valence-corrected chi connectivity index (χ2v) is 5.23. The smallest absolute Gasteiger partial charge is 0.240 e. The van der Waals surface area contributed by atoms with E-state index in [0.29, 0.717) is 12.0 Å². The summed E-state index contributed by atoms with van der Waals surface area (Å²) in [5, 5.41) is 7.39. The van der Waals surface area contributed by atoms with Crippen molar-refractivity contribution < 1.29 is 4.52 Å². The number of nitrogens with zero attached hydrogens (tertiary/aromatic N) is 3. The summed E-state index contributed by atoms with van der Waals surface area (Å²) in [6.45, 7) is 10.4. The molecule has 2 rings (SSSR count). The Morgan fingerprint density at radius 3 is 3.06 bits per heavy atom. The van der Waals surface area contributed by atoms with Crippen molar-refractivity contribution in [1.82, 2.24) is 20.4 Å². The van der Waals surface area contributed by atoms with Gasteiger partial charge >= 0.3 is 0 Å². The first kappa shape index (κ1) is 12.5. The molecule has 5 nitrogen and oxygen atoms in total. The molecule has 0 aliphatic carbocycles. The summed E-state index contributed by atoms with van der Waals surface area (Å²) in [6, 6.07) is 0.532. The molecule has 0 aromatic carbocycles. The van der Waals surface area contributed by atoms with Gasteiger partial charge in [-0.1, -0.05) is 19.0 Å². The van der Waals surface area contributed by atoms with Gasteiger partial charge in [0.15, 0.2) is 5.82 Å². The highest BCUT2D eigenvalue weighted by atomic mass is 16.5. The molecule has 0 radical (unpaired) electrons. The molecule has 0 bridgehead atoms. The van der Waals surface area contributed by atoms with Gasteiger partial charge in [-0.25, -0.2) is 0 Å². The molecule has 0 amide bonds. The molecule has 1 aromatic rings. The van der Waals surface area contributed by atoms with E-state index in [-0.39, 0.29) is 0 Å². The van der Waals surface area contributed by atoms with Gasteiger partial charge in [-0.05, 0) is 12.8 Å². The molecule has 1 N–H and O–H groups in total. The minimum absolute atomic E-state index is 0.532. The molecule has 17 heavy (non-hydrogen) atoms. The van der Waals surface area contributed by atoms with Gasteiger partial charge in [0.25, 0.3) is 0 Å². The fourth-order valence-corrected chi connectivity index (χ4v) is 2.09. The minimum Gasteiger partial charge on any atom is -0.338 e. The van der Waals surface area contributed by atoms with Gasteiger partial charge in [0.2, 0.25) is 5.89 Å². The fraction of sp³-hybridized carbons (Fsp3) is 0.833. The Labute approximate surface area is 103 Å². The first-order valence-electron chi connectivity index (χ1n) is 6.41. The van der Waals surface area contributed by atoms with Gasteiger partial charge < -0.3 is 9.84 Å². The van der Waals surface area contributed by atoms with Crippen LogP contribution < -0.4 is 5.32 Å². The van der Waals surface area contributed by atoms with Crippen LogP contribution in [-0.4, -0.2) is 40.7 Å². The molecular weight excluding hydrogens is 216 g/mol. The molecule has 0 saturated carbocycles. The normalized spacial score (nSPS) is 22.2. The van der Waals surface area contributed by atoms with Crippen molar-refractivity contribution in [2.75, 3.05) is 19.6 Å². The predicted molar refractivity (Wildman–Crippen MR) is 65.6 cm³/mol. The van der Waals surface area contributed by atoms with Gasteiger partial charge in [-0.3, -0.25) is 4.90 Å². The van der Waals surface area contributed by atoms with Crippen LogP contribution in [0.25, 0.3) is 0 Å². The fourth-order valence-electron chi connectivity index (χ4n) is 2.09. The van der Waals surface area contributed by atoms with E-state index in [1.807, 2.05) is 0 Å². The van der Waals surface area contributed by atoms with E-state index in [0.717, 1.165) is 44.3 Å². The van der Waals surface area contributed by atoms with Crippen molar-refractivity contribution in [3.05, 3.63) is 11.7 Å². The number of piperazine rings is 1. The van der Waals surface area contributed by atoms with Crippen molar-refractivity contribution in [1.29, 1.82) is 0 Å². The molecule has 2 heterocycles. The van der Waals surface area contributed by atoms with Gasteiger partial charge in [-0.2, -0.15) is 4.98 Å². The lowest BCUT2D eigenvalue weighted by atomic mass is 10.1. The molecule has 96 valence electrons. The van der Waals surface area contributed by atoms with Crippen LogP contribution in [0.15, 0.2) is 4.52 Å². The van der Waals surface area contributed by atoms with Crippen LogP contribution in [0.3, 0.4) is 0 Å². The zero-order valence-electron chi connectivity index (χ0n) is 10.9. The van der Waals surface area contributed by atoms with Crippen LogP contribution >= 0.6 is 0 Å². The summed E-state index contributed by atoms with van der Waals surface area (Å²) in [4.78, 5) is 6.82. The predicted octanol–water partition coefficient (Wildman–Crippen LogP) is 1.06. The molecule has 1 atom stereocenters. The van der Waals surface area contributed by atoms with Crippen molar-refractivity contribution in [3.63, 3.8) is 0 Å². The molecule has 0 spiro atoms. The van der Waals surface area contributed by atoms with Gasteiger partial charge in [-0.15, -0.1) is 0 Å². The quantitative estimate of drug-likeness (QED) is 0.850. The van der Waals surface area contributed by atoms with Gasteiger partial charge in [0, 0.05) is 32.1 Å². The van der Waals surface area contributed by atoms with Crippen LogP contribution in [0.2, 0.25) is 0 Å². The lowest BCUT2D eigenvalue weighted by molar-refractivity contribution is 0.146. The molecule has 1 aliphatic heterocycles. The van der Waals surface area contributed by atoms with E-state index in [1.165, 1.54) is 0 Å². The van der Waals surface area contributed by atoms with Crippen LogP contribution in [0.4, 0.5) is 0 Å². The summed E-state index contributed by atoms with van der Waals surface area (Å²) < 4.78 is 5.29. The van der Waals surface area contributed by atoms with Gasteiger partial charge in [0.05, 0.1) is 6.54 Å². The number of rotatable bonds is 4. The van der Waals surface area contributed by atoms with Crippen LogP contribution in [-0.2, 0) is 13.0 Å². The first-order chi connectivity index (χ1) is 8.15. The highest BCUT2D eigenvalue weighted by molar-refractivity contribution is 4.89. The van der Waals surface area contributed by atoms with E-state index in [2.05, 4.69) is 41.1 Å². The van der Waals surface area contributed by atoms with Crippen LogP contribution in [0.1, 0.15) is 32.5 Å². The van der Waals surface area contributed by atoms with Crippen molar-refractivity contribution in [3.8, 4) is 0 Å². The molecule has 1 aliphatic rings. The standard InChI is InChI=1S/C12H22N4O/c1-9(2)6-11-14-12(17-15-11)8-16-5-4-13-7-10(16)3/h9-10,13H,4-8H2,1-3H3. The maximum absolute atomic E-state index is 5.29. The summed E-state index contributed by atoms with van der Waals surface area (Å²) in [7, 11) is 0. The lowest BCUT2D eigenvalue weighted by Crippen LogP contribution is -2.49. The average Bonchev–Trinajstić information content (AvgIpc) is 2.68. The lowest BCUT2D eigenvalue weighted by Gasteiger charge is -2.32. The minimum atomic E-state index is 0.532.